The third-order valence-electron chi connectivity index (χ3n) is 3.19. The lowest BCUT2D eigenvalue weighted by molar-refractivity contribution is 0.0938. The van der Waals surface area contributed by atoms with Crippen molar-refractivity contribution < 1.29 is 4.79 Å². The van der Waals surface area contributed by atoms with E-state index in [0.717, 1.165) is 17.7 Å². The van der Waals surface area contributed by atoms with Crippen molar-refractivity contribution in [3.8, 4) is 0 Å². The summed E-state index contributed by atoms with van der Waals surface area (Å²) in [6, 6.07) is 17.7. The van der Waals surface area contributed by atoms with Gasteiger partial charge in [-0.25, -0.2) is 0 Å². The fourth-order valence-electron chi connectivity index (χ4n) is 2.05. The number of aryl methyl sites for hydroxylation is 1. The van der Waals surface area contributed by atoms with Crippen molar-refractivity contribution in [3.63, 3.8) is 0 Å². The van der Waals surface area contributed by atoms with Crippen molar-refractivity contribution in [2.24, 2.45) is 0 Å². The van der Waals surface area contributed by atoms with Gasteiger partial charge >= 0.3 is 0 Å². The number of hydrogen-bond donors (Lipinski definition) is 2. The molecule has 0 saturated carbocycles. The molecule has 1 unspecified atom stereocenters. The molecule has 20 heavy (non-hydrogen) atoms. The van der Waals surface area contributed by atoms with Crippen LogP contribution in [0.3, 0.4) is 0 Å². The first-order valence-electron chi connectivity index (χ1n) is 6.79. The van der Waals surface area contributed by atoms with E-state index in [1.165, 1.54) is 5.56 Å². The second-order valence-corrected chi connectivity index (χ2v) is 5.47. The van der Waals surface area contributed by atoms with Gasteiger partial charge in [0.15, 0.2) is 0 Å². The Balaban J connectivity index is 1.85. The maximum atomic E-state index is 12.1. The first-order chi connectivity index (χ1) is 9.65. The monoisotopic (exact) mass is 285 g/mol. The second-order valence-electron chi connectivity index (χ2n) is 4.95. The Hall–Kier alpha value is -1.74. The molecule has 0 heterocycles. The zero-order valence-electron chi connectivity index (χ0n) is 11.5. The number of hydrogen-bond acceptors (Lipinski definition) is 2. The predicted molar refractivity (Wildman–Crippen MR) is 85.4 cm³/mol. The van der Waals surface area contributed by atoms with Crippen LogP contribution in [0.4, 0.5) is 0 Å². The van der Waals surface area contributed by atoms with Gasteiger partial charge in [0, 0.05) is 16.5 Å². The number of nitrogens with one attached hydrogen (secondary N) is 1. The largest absolute Gasteiger partial charge is 0.350 e. The minimum absolute atomic E-state index is 0.0403. The summed E-state index contributed by atoms with van der Waals surface area (Å²) < 4.78 is 0. The first-order valence-corrected chi connectivity index (χ1v) is 7.23. The molecule has 2 aromatic carbocycles. The molecule has 0 bridgehead atoms. The summed E-state index contributed by atoms with van der Waals surface area (Å²) in [5.41, 5.74) is 1.95. The van der Waals surface area contributed by atoms with Crippen LogP contribution in [0.15, 0.2) is 59.5 Å². The molecular weight excluding hydrogens is 266 g/mol. The van der Waals surface area contributed by atoms with E-state index in [1.807, 2.05) is 37.3 Å². The first kappa shape index (κ1) is 14.7. The van der Waals surface area contributed by atoms with Crippen molar-refractivity contribution in [1.82, 2.24) is 5.32 Å². The fraction of sp³-hybridized carbons (Fsp3) is 0.235. The summed E-state index contributed by atoms with van der Waals surface area (Å²) in [5, 5.41) is 3.02. The van der Waals surface area contributed by atoms with Crippen LogP contribution in [0.2, 0.25) is 0 Å². The molecule has 1 N–H and O–H groups in total. The molecule has 3 heteroatoms. The van der Waals surface area contributed by atoms with Crippen molar-refractivity contribution in [3.05, 3.63) is 65.7 Å². The van der Waals surface area contributed by atoms with Gasteiger partial charge in [0.05, 0.1) is 0 Å². The van der Waals surface area contributed by atoms with Gasteiger partial charge in [0.1, 0.15) is 0 Å². The van der Waals surface area contributed by atoms with E-state index in [-0.39, 0.29) is 11.9 Å². The van der Waals surface area contributed by atoms with Crippen LogP contribution in [0.1, 0.15) is 29.3 Å². The summed E-state index contributed by atoms with van der Waals surface area (Å²) in [6.45, 7) is 2.03. The highest BCUT2D eigenvalue weighted by Crippen LogP contribution is 2.10. The molecule has 0 aliphatic rings. The lowest BCUT2D eigenvalue weighted by Crippen LogP contribution is -2.32. The maximum absolute atomic E-state index is 12.1. The smallest absolute Gasteiger partial charge is 0.251 e. The Morgan fingerprint density at radius 3 is 2.60 bits per heavy atom. The van der Waals surface area contributed by atoms with E-state index >= 15 is 0 Å². The number of benzene rings is 2. The van der Waals surface area contributed by atoms with E-state index < -0.39 is 0 Å². The number of amides is 1. The topological polar surface area (TPSA) is 29.1 Å². The molecule has 2 rings (SSSR count). The van der Waals surface area contributed by atoms with Gasteiger partial charge in [-0.3, -0.25) is 4.79 Å². The van der Waals surface area contributed by atoms with Crippen molar-refractivity contribution >= 4 is 18.5 Å². The highest BCUT2D eigenvalue weighted by molar-refractivity contribution is 7.80. The van der Waals surface area contributed by atoms with Crippen LogP contribution < -0.4 is 5.32 Å². The van der Waals surface area contributed by atoms with E-state index in [4.69, 9.17) is 0 Å². The third kappa shape index (κ3) is 4.42. The zero-order chi connectivity index (χ0) is 14.4. The minimum atomic E-state index is -0.0403. The highest BCUT2D eigenvalue weighted by Gasteiger charge is 2.09. The van der Waals surface area contributed by atoms with Gasteiger partial charge in [0.2, 0.25) is 0 Å². The minimum Gasteiger partial charge on any atom is -0.350 e. The zero-order valence-corrected chi connectivity index (χ0v) is 12.4. The van der Waals surface area contributed by atoms with Crippen LogP contribution in [0, 0.1) is 0 Å². The van der Waals surface area contributed by atoms with Crippen molar-refractivity contribution in [1.29, 1.82) is 0 Å². The third-order valence-corrected chi connectivity index (χ3v) is 3.47. The van der Waals surface area contributed by atoms with E-state index in [2.05, 4.69) is 30.1 Å². The molecule has 1 atom stereocenters. The van der Waals surface area contributed by atoms with Gasteiger partial charge < -0.3 is 5.32 Å². The van der Waals surface area contributed by atoms with E-state index in [9.17, 15) is 4.79 Å². The molecule has 1 amide bonds. The fourth-order valence-corrected chi connectivity index (χ4v) is 2.28. The average molecular weight is 285 g/mol. The number of thiol groups is 1. The molecule has 0 aliphatic heterocycles. The summed E-state index contributed by atoms with van der Waals surface area (Å²) in [4.78, 5) is 12.9. The Kier molecular flexibility index (Phi) is 5.24. The Labute approximate surface area is 125 Å². The summed E-state index contributed by atoms with van der Waals surface area (Å²) in [6.07, 6.45) is 1.89. The standard InChI is InChI=1S/C17H19NOS/c1-13(10-11-14-6-3-2-4-7-14)18-17(19)15-8-5-9-16(20)12-15/h2-9,12-13,20H,10-11H2,1H3,(H,18,19). The Morgan fingerprint density at radius 2 is 1.90 bits per heavy atom. The van der Waals surface area contributed by atoms with Gasteiger partial charge in [-0.1, -0.05) is 36.4 Å². The van der Waals surface area contributed by atoms with Gasteiger partial charge in [-0.15, -0.1) is 12.6 Å². The molecule has 0 spiro atoms. The molecule has 0 aromatic heterocycles. The molecule has 0 saturated heterocycles. The van der Waals surface area contributed by atoms with E-state index in [0.29, 0.717) is 5.56 Å². The summed E-state index contributed by atoms with van der Waals surface area (Å²) in [7, 11) is 0. The summed E-state index contributed by atoms with van der Waals surface area (Å²) in [5.74, 6) is -0.0403. The molecule has 2 nitrogen and oxygen atoms in total. The SMILES string of the molecule is CC(CCc1ccccc1)NC(=O)c1cccc(S)c1. The van der Waals surface area contributed by atoms with E-state index in [1.54, 1.807) is 12.1 Å². The second kappa shape index (κ2) is 7.15. The summed E-state index contributed by atoms with van der Waals surface area (Å²) >= 11 is 4.25. The lowest BCUT2D eigenvalue weighted by Gasteiger charge is -2.14. The van der Waals surface area contributed by atoms with Crippen LogP contribution in [0.5, 0.6) is 0 Å². The number of carbonyl (C=O) groups is 1. The molecule has 0 radical (unpaired) electrons. The molecule has 0 fully saturated rings. The molecule has 2 aromatic rings. The normalized spacial score (nSPS) is 11.9. The average Bonchev–Trinajstić information content (AvgIpc) is 2.46. The van der Waals surface area contributed by atoms with Crippen LogP contribution in [0.25, 0.3) is 0 Å². The number of carbonyl (C=O) groups excluding carboxylic acids is 1. The lowest BCUT2D eigenvalue weighted by atomic mass is 10.1. The van der Waals surface area contributed by atoms with Gasteiger partial charge in [-0.2, -0.15) is 0 Å². The molecular formula is C17H19NOS. The van der Waals surface area contributed by atoms with Crippen LogP contribution >= 0.6 is 12.6 Å². The predicted octanol–water partition coefficient (Wildman–Crippen LogP) is 3.73. The Bertz CT molecular complexity index is 568. The highest BCUT2D eigenvalue weighted by atomic mass is 32.1. The quantitative estimate of drug-likeness (QED) is 0.805. The number of rotatable bonds is 5. The molecule has 104 valence electrons. The Morgan fingerprint density at radius 1 is 1.15 bits per heavy atom. The van der Waals surface area contributed by atoms with Crippen molar-refractivity contribution in [2.75, 3.05) is 0 Å². The maximum Gasteiger partial charge on any atom is 0.251 e. The van der Waals surface area contributed by atoms with Gasteiger partial charge in [0.25, 0.3) is 5.91 Å². The van der Waals surface area contributed by atoms with Crippen molar-refractivity contribution in [2.45, 2.75) is 30.7 Å². The van der Waals surface area contributed by atoms with Crippen LogP contribution in [-0.4, -0.2) is 11.9 Å². The van der Waals surface area contributed by atoms with Gasteiger partial charge in [-0.05, 0) is 43.5 Å². The van der Waals surface area contributed by atoms with Crippen LogP contribution in [-0.2, 0) is 6.42 Å². The molecule has 0 aliphatic carbocycles.